The summed E-state index contributed by atoms with van der Waals surface area (Å²) >= 11 is 11.9. The van der Waals surface area contributed by atoms with Gasteiger partial charge < -0.3 is 18.6 Å². The van der Waals surface area contributed by atoms with Crippen LogP contribution in [0.4, 0.5) is 0 Å². The monoisotopic (exact) mass is 570 g/mol. The van der Waals surface area contributed by atoms with Gasteiger partial charge >= 0.3 is 0 Å². The Kier molecular flexibility index (Phi) is 6.69. The van der Waals surface area contributed by atoms with Crippen LogP contribution in [0.15, 0.2) is 73.1 Å². The SMILES string of the molecule is Clc1nccc(-c2c3n(c4ccccc24)CCOC3)n1.Clc1nccc(-c2c3n(c4ccccc24)CCOC3)n1. The fraction of sp³-hybridized carbons (Fsp3) is 0.200. The van der Waals surface area contributed by atoms with Gasteiger partial charge in [-0.15, -0.1) is 0 Å². The summed E-state index contributed by atoms with van der Waals surface area (Å²) in [6.07, 6.45) is 3.38. The molecule has 2 aliphatic rings. The molecule has 8 nitrogen and oxygen atoms in total. The van der Waals surface area contributed by atoms with Gasteiger partial charge in [-0.25, -0.2) is 19.9 Å². The molecule has 0 unspecified atom stereocenters. The first-order valence-corrected chi connectivity index (χ1v) is 13.8. The number of aromatic nitrogens is 6. The van der Waals surface area contributed by atoms with Crippen molar-refractivity contribution < 1.29 is 9.47 Å². The molecular formula is C30H24Cl2N6O2. The van der Waals surface area contributed by atoms with Crippen LogP contribution in [-0.2, 0) is 35.8 Å². The van der Waals surface area contributed by atoms with Crippen LogP contribution in [0.2, 0.25) is 10.6 Å². The number of ether oxygens (including phenoxy) is 2. The minimum absolute atomic E-state index is 0.267. The van der Waals surface area contributed by atoms with E-state index in [0.29, 0.717) is 13.2 Å². The second-order valence-corrected chi connectivity index (χ2v) is 10.2. The summed E-state index contributed by atoms with van der Waals surface area (Å²) in [7, 11) is 0. The zero-order valence-electron chi connectivity index (χ0n) is 21.4. The van der Waals surface area contributed by atoms with E-state index >= 15 is 0 Å². The fourth-order valence-electron chi connectivity index (χ4n) is 5.69. The minimum Gasteiger partial charge on any atom is -0.373 e. The molecule has 0 amide bonds. The smallest absolute Gasteiger partial charge is 0.222 e. The Morgan fingerprint density at radius 2 is 1.05 bits per heavy atom. The van der Waals surface area contributed by atoms with Gasteiger partial charge in [-0.1, -0.05) is 36.4 Å². The quantitative estimate of drug-likeness (QED) is 0.219. The molecule has 0 fully saturated rings. The minimum atomic E-state index is 0.267. The van der Waals surface area contributed by atoms with Crippen molar-refractivity contribution in [3.05, 3.63) is 95.0 Å². The molecule has 8 rings (SSSR count). The number of halogens is 2. The molecule has 0 saturated heterocycles. The standard InChI is InChI=1S/2C15H12ClN3O/c2*16-15-17-6-5-11(18-15)14-10-3-1-2-4-12(10)19-7-8-20-9-13(14)19/h2*1-6H,7-9H2. The van der Waals surface area contributed by atoms with Crippen LogP contribution < -0.4 is 0 Å². The molecule has 0 atom stereocenters. The molecule has 4 aromatic heterocycles. The van der Waals surface area contributed by atoms with Gasteiger partial charge in [0.1, 0.15) is 0 Å². The number of benzene rings is 2. The number of para-hydroxylation sites is 2. The Morgan fingerprint density at radius 3 is 1.50 bits per heavy atom. The van der Waals surface area contributed by atoms with Gasteiger partial charge in [-0.05, 0) is 47.5 Å². The number of rotatable bonds is 2. The average molecular weight is 571 g/mol. The molecule has 10 heteroatoms. The third-order valence-corrected chi connectivity index (χ3v) is 7.68. The molecule has 0 radical (unpaired) electrons. The molecule has 0 aliphatic carbocycles. The summed E-state index contributed by atoms with van der Waals surface area (Å²) in [5.74, 6) is 0. The van der Waals surface area contributed by atoms with E-state index in [-0.39, 0.29) is 10.6 Å². The highest BCUT2D eigenvalue weighted by Gasteiger charge is 2.23. The number of nitrogens with zero attached hydrogens (tertiary/aromatic N) is 6. The molecule has 0 saturated carbocycles. The summed E-state index contributed by atoms with van der Waals surface area (Å²) in [4.78, 5) is 16.6. The second kappa shape index (κ2) is 10.6. The molecule has 2 aromatic carbocycles. The van der Waals surface area contributed by atoms with Gasteiger partial charge in [-0.3, -0.25) is 0 Å². The van der Waals surface area contributed by atoms with Crippen LogP contribution >= 0.6 is 23.2 Å². The second-order valence-electron chi connectivity index (χ2n) is 9.51. The largest absolute Gasteiger partial charge is 0.373 e. The van der Waals surface area contributed by atoms with Crippen molar-refractivity contribution in [3.8, 4) is 22.5 Å². The molecule has 40 heavy (non-hydrogen) atoms. The number of hydrogen-bond donors (Lipinski definition) is 0. The molecule has 0 spiro atoms. The molecule has 0 N–H and O–H groups in total. The van der Waals surface area contributed by atoms with Crippen molar-refractivity contribution in [2.24, 2.45) is 0 Å². The maximum atomic E-state index is 5.94. The van der Waals surface area contributed by atoms with Gasteiger partial charge in [0.25, 0.3) is 0 Å². The van der Waals surface area contributed by atoms with Crippen LogP contribution in [0.3, 0.4) is 0 Å². The fourth-order valence-corrected chi connectivity index (χ4v) is 5.99. The van der Waals surface area contributed by atoms with Crippen LogP contribution in [-0.4, -0.2) is 42.3 Å². The number of hydrogen-bond acceptors (Lipinski definition) is 6. The molecule has 0 bridgehead atoms. The lowest BCUT2D eigenvalue weighted by molar-refractivity contribution is 0.0868. The van der Waals surface area contributed by atoms with Crippen molar-refractivity contribution in [2.75, 3.05) is 13.2 Å². The van der Waals surface area contributed by atoms with Gasteiger partial charge in [0.2, 0.25) is 10.6 Å². The third-order valence-electron chi connectivity index (χ3n) is 7.32. The van der Waals surface area contributed by atoms with Gasteiger partial charge in [0.15, 0.2) is 0 Å². The molecule has 200 valence electrons. The highest BCUT2D eigenvalue weighted by Crippen LogP contribution is 2.37. The topological polar surface area (TPSA) is 79.9 Å². The predicted molar refractivity (Wildman–Crippen MR) is 155 cm³/mol. The van der Waals surface area contributed by atoms with E-state index in [4.69, 9.17) is 32.7 Å². The first kappa shape index (κ1) is 25.2. The first-order chi connectivity index (χ1) is 19.7. The summed E-state index contributed by atoms with van der Waals surface area (Å²) < 4.78 is 15.9. The first-order valence-electron chi connectivity index (χ1n) is 13.0. The summed E-state index contributed by atoms with van der Waals surface area (Å²) in [6.45, 7) is 4.44. The highest BCUT2D eigenvalue weighted by atomic mass is 35.5. The Hall–Kier alpha value is -3.82. The Morgan fingerprint density at radius 1 is 0.600 bits per heavy atom. The van der Waals surface area contributed by atoms with E-state index in [9.17, 15) is 0 Å². The lowest BCUT2D eigenvalue weighted by Gasteiger charge is -2.17. The summed E-state index contributed by atoms with van der Waals surface area (Å²) in [5.41, 5.74) is 8.65. The van der Waals surface area contributed by atoms with E-state index in [1.807, 2.05) is 24.3 Å². The molecule has 6 aromatic rings. The van der Waals surface area contributed by atoms with Gasteiger partial charge in [-0.2, -0.15) is 0 Å². The molecular weight excluding hydrogens is 547 g/mol. The predicted octanol–water partition coefficient (Wildman–Crippen LogP) is 6.56. The van der Waals surface area contributed by atoms with E-state index < -0.39 is 0 Å². The van der Waals surface area contributed by atoms with Crippen LogP contribution in [0.25, 0.3) is 44.3 Å². The van der Waals surface area contributed by atoms with E-state index in [2.05, 4.69) is 65.5 Å². The lowest BCUT2D eigenvalue weighted by Crippen LogP contribution is -2.16. The molecule has 6 heterocycles. The zero-order chi connectivity index (χ0) is 27.1. The Bertz CT molecular complexity index is 1730. The highest BCUT2D eigenvalue weighted by molar-refractivity contribution is 6.28. The van der Waals surface area contributed by atoms with Crippen molar-refractivity contribution in [2.45, 2.75) is 26.3 Å². The maximum Gasteiger partial charge on any atom is 0.222 e. The third kappa shape index (κ3) is 4.43. The van der Waals surface area contributed by atoms with Gasteiger partial charge in [0, 0.05) is 58.4 Å². The van der Waals surface area contributed by atoms with Crippen LogP contribution in [0.5, 0.6) is 0 Å². The van der Waals surface area contributed by atoms with Crippen LogP contribution in [0.1, 0.15) is 11.4 Å². The van der Waals surface area contributed by atoms with Crippen LogP contribution in [0, 0.1) is 0 Å². The molecule has 2 aliphatic heterocycles. The van der Waals surface area contributed by atoms with E-state index in [1.165, 1.54) is 21.8 Å². The van der Waals surface area contributed by atoms with Crippen molar-refractivity contribution in [1.29, 1.82) is 0 Å². The van der Waals surface area contributed by atoms with E-state index in [0.717, 1.165) is 60.2 Å². The maximum absolute atomic E-state index is 5.94. The summed E-state index contributed by atoms with van der Waals surface area (Å²) in [5, 5.41) is 2.90. The lowest BCUT2D eigenvalue weighted by atomic mass is 10.1. The van der Waals surface area contributed by atoms with Crippen molar-refractivity contribution >= 4 is 45.0 Å². The average Bonchev–Trinajstić information content (AvgIpc) is 3.51. The Labute approximate surface area is 240 Å². The van der Waals surface area contributed by atoms with E-state index in [1.54, 1.807) is 12.4 Å². The summed E-state index contributed by atoms with van der Waals surface area (Å²) in [6, 6.07) is 20.5. The Balaban J connectivity index is 0.000000132. The normalized spacial score (nSPS) is 14.4. The number of fused-ring (bicyclic) bond motifs is 6. The zero-order valence-corrected chi connectivity index (χ0v) is 22.9. The van der Waals surface area contributed by atoms with Crippen molar-refractivity contribution in [1.82, 2.24) is 29.1 Å². The van der Waals surface area contributed by atoms with Crippen molar-refractivity contribution in [3.63, 3.8) is 0 Å². The van der Waals surface area contributed by atoms with Gasteiger partial charge in [0.05, 0.1) is 49.2 Å².